The molecule has 3 nitrogen and oxygen atoms in total. The van der Waals surface area contributed by atoms with Crippen molar-refractivity contribution in [1.29, 1.82) is 0 Å². The standard InChI is InChI=1S/C9H10N2O/c1-2-8(12)5-7-6-11-4-3-9(7)10/h2-4,6H,1,5H2,(H2,10,11). The average molecular weight is 162 g/mol. The fourth-order valence-corrected chi connectivity index (χ4v) is 0.845. The topological polar surface area (TPSA) is 56.0 Å². The van der Waals surface area contributed by atoms with Crippen LogP contribution >= 0.6 is 0 Å². The number of carbonyl (C=O) groups excluding carboxylic acids is 1. The molecule has 0 spiro atoms. The highest BCUT2D eigenvalue weighted by molar-refractivity contribution is 5.91. The van der Waals surface area contributed by atoms with Gasteiger partial charge in [0, 0.05) is 30.1 Å². The lowest BCUT2D eigenvalue weighted by molar-refractivity contribution is -0.114. The van der Waals surface area contributed by atoms with E-state index in [1.807, 2.05) is 0 Å². The Balaban J connectivity index is 2.82. The van der Waals surface area contributed by atoms with Gasteiger partial charge in [-0.2, -0.15) is 0 Å². The van der Waals surface area contributed by atoms with E-state index in [1.165, 1.54) is 6.08 Å². The number of anilines is 1. The minimum atomic E-state index is -0.0466. The van der Waals surface area contributed by atoms with Crippen LogP contribution in [0.2, 0.25) is 0 Å². The van der Waals surface area contributed by atoms with Crippen LogP contribution in [0.1, 0.15) is 5.56 Å². The summed E-state index contributed by atoms with van der Waals surface area (Å²) in [6.45, 7) is 3.38. The van der Waals surface area contributed by atoms with Gasteiger partial charge in [0.15, 0.2) is 5.78 Å². The molecule has 12 heavy (non-hydrogen) atoms. The number of aromatic nitrogens is 1. The predicted molar refractivity (Wildman–Crippen MR) is 47.6 cm³/mol. The molecule has 0 fully saturated rings. The summed E-state index contributed by atoms with van der Waals surface area (Å²) in [7, 11) is 0. The van der Waals surface area contributed by atoms with Crippen LogP contribution in [0.15, 0.2) is 31.1 Å². The molecule has 0 aromatic carbocycles. The van der Waals surface area contributed by atoms with Crippen molar-refractivity contribution in [2.45, 2.75) is 6.42 Å². The fourth-order valence-electron chi connectivity index (χ4n) is 0.845. The van der Waals surface area contributed by atoms with Crippen molar-refractivity contribution in [3.63, 3.8) is 0 Å². The van der Waals surface area contributed by atoms with E-state index in [-0.39, 0.29) is 12.2 Å². The first kappa shape index (κ1) is 8.46. The minimum Gasteiger partial charge on any atom is -0.398 e. The van der Waals surface area contributed by atoms with Gasteiger partial charge < -0.3 is 5.73 Å². The van der Waals surface area contributed by atoms with Crippen molar-refractivity contribution in [1.82, 2.24) is 4.98 Å². The highest BCUT2D eigenvalue weighted by atomic mass is 16.1. The molecular weight excluding hydrogens is 152 g/mol. The van der Waals surface area contributed by atoms with Crippen LogP contribution in [0, 0.1) is 0 Å². The number of nitrogen functional groups attached to an aromatic ring is 1. The first-order valence-corrected chi connectivity index (χ1v) is 3.57. The maximum atomic E-state index is 10.9. The van der Waals surface area contributed by atoms with Crippen LogP contribution in [-0.4, -0.2) is 10.8 Å². The molecule has 1 rings (SSSR count). The van der Waals surface area contributed by atoms with Crippen LogP contribution < -0.4 is 5.73 Å². The van der Waals surface area contributed by atoms with Gasteiger partial charge in [-0.05, 0) is 12.1 Å². The van der Waals surface area contributed by atoms with E-state index >= 15 is 0 Å². The van der Waals surface area contributed by atoms with Gasteiger partial charge in [0.05, 0.1) is 0 Å². The van der Waals surface area contributed by atoms with Gasteiger partial charge in [-0.15, -0.1) is 0 Å². The van der Waals surface area contributed by atoms with Gasteiger partial charge in [0.1, 0.15) is 0 Å². The van der Waals surface area contributed by atoms with E-state index in [9.17, 15) is 4.79 Å². The largest absolute Gasteiger partial charge is 0.398 e. The fraction of sp³-hybridized carbons (Fsp3) is 0.111. The molecule has 0 radical (unpaired) electrons. The van der Waals surface area contributed by atoms with E-state index in [2.05, 4.69) is 11.6 Å². The molecule has 0 atom stereocenters. The molecule has 0 aliphatic heterocycles. The van der Waals surface area contributed by atoms with Gasteiger partial charge in [-0.1, -0.05) is 6.58 Å². The predicted octanol–water partition coefficient (Wildman–Crippen LogP) is 0.961. The van der Waals surface area contributed by atoms with Gasteiger partial charge in [0.2, 0.25) is 0 Å². The Kier molecular flexibility index (Phi) is 2.58. The molecule has 62 valence electrons. The summed E-state index contributed by atoms with van der Waals surface area (Å²) in [6.07, 6.45) is 4.75. The first-order chi connectivity index (χ1) is 5.74. The smallest absolute Gasteiger partial charge is 0.159 e. The number of carbonyl (C=O) groups is 1. The number of pyridine rings is 1. The van der Waals surface area contributed by atoms with Gasteiger partial charge in [0.25, 0.3) is 0 Å². The Morgan fingerprint density at radius 3 is 3.08 bits per heavy atom. The number of nitrogens with two attached hydrogens (primary N) is 1. The Bertz CT molecular complexity index is 307. The third kappa shape index (κ3) is 1.92. The zero-order valence-electron chi connectivity index (χ0n) is 6.66. The van der Waals surface area contributed by atoms with E-state index in [1.54, 1.807) is 18.5 Å². The first-order valence-electron chi connectivity index (χ1n) is 3.57. The summed E-state index contributed by atoms with van der Waals surface area (Å²) in [5.74, 6) is -0.0466. The highest BCUT2D eigenvalue weighted by Gasteiger charge is 2.01. The molecular formula is C9H10N2O. The zero-order valence-corrected chi connectivity index (χ0v) is 6.66. The highest BCUT2D eigenvalue weighted by Crippen LogP contribution is 2.09. The van der Waals surface area contributed by atoms with Crippen molar-refractivity contribution < 1.29 is 4.79 Å². The Labute approximate surface area is 70.9 Å². The van der Waals surface area contributed by atoms with E-state index < -0.39 is 0 Å². The van der Waals surface area contributed by atoms with Gasteiger partial charge in [-0.25, -0.2) is 0 Å². The van der Waals surface area contributed by atoms with Crippen LogP contribution in [0.5, 0.6) is 0 Å². The van der Waals surface area contributed by atoms with Crippen molar-refractivity contribution >= 4 is 11.5 Å². The van der Waals surface area contributed by atoms with E-state index in [0.29, 0.717) is 5.69 Å². The molecule has 2 N–H and O–H groups in total. The molecule has 1 aromatic heterocycles. The van der Waals surface area contributed by atoms with Crippen molar-refractivity contribution in [2.24, 2.45) is 0 Å². The monoisotopic (exact) mass is 162 g/mol. The lowest BCUT2D eigenvalue weighted by atomic mass is 10.1. The molecule has 0 saturated heterocycles. The Morgan fingerprint density at radius 1 is 1.75 bits per heavy atom. The van der Waals surface area contributed by atoms with Crippen molar-refractivity contribution in [3.8, 4) is 0 Å². The maximum absolute atomic E-state index is 10.9. The van der Waals surface area contributed by atoms with Crippen LogP contribution in [0.4, 0.5) is 5.69 Å². The third-order valence-electron chi connectivity index (χ3n) is 1.53. The maximum Gasteiger partial charge on any atom is 0.159 e. The third-order valence-corrected chi connectivity index (χ3v) is 1.53. The number of nitrogens with zero attached hydrogens (tertiary/aromatic N) is 1. The summed E-state index contributed by atoms with van der Waals surface area (Å²) in [6, 6.07) is 1.67. The SMILES string of the molecule is C=CC(=O)Cc1cnccc1N. The summed E-state index contributed by atoms with van der Waals surface area (Å²) in [5.41, 5.74) is 6.95. The summed E-state index contributed by atoms with van der Waals surface area (Å²) in [5, 5.41) is 0. The van der Waals surface area contributed by atoms with Gasteiger partial charge >= 0.3 is 0 Å². The summed E-state index contributed by atoms with van der Waals surface area (Å²) >= 11 is 0. The second kappa shape index (κ2) is 3.67. The molecule has 0 saturated carbocycles. The molecule has 3 heteroatoms. The summed E-state index contributed by atoms with van der Waals surface area (Å²) in [4.78, 5) is 14.8. The van der Waals surface area contributed by atoms with Gasteiger partial charge in [-0.3, -0.25) is 9.78 Å². The van der Waals surface area contributed by atoms with E-state index in [4.69, 9.17) is 5.73 Å². The molecule has 0 aliphatic rings. The van der Waals surface area contributed by atoms with Crippen molar-refractivity contribution in [2.75, 3.05) is 5.73 Å². The number of hydrogen-bond acceptors (Lipinski definition) is 3. The number of rotatable bonds is 3. The van der Waals surface area contributed by atoms with Crippen LogP contribution in [0.3, 0.4) is 0 Å². The molecule has 0 aliphatic carbocycles. The van der Waals surface area contributed by atoms with Crippen molar-refractivity contribution in [3.05, 3.63) is 36.7 Å². The summed E-state index contributed by atoms with van der Waals surface area (Å²) < 4.78 is 0. The Morgan fingerprint density at radius 2 is 2.50 bits per heavy atom. The molecule has 1 aromatic rings. The molecule has 0 amide bonds. The lowest BCUT2D eigenvalue weighted by Gasteiger charge is -2.00. The number of allylic oxidation sites excluding steroid dienone is 1. The van der Waals surface area contributed by atoms with Crippen LogP contribution in [-0.2, 0) is 11.2 Å². The zero-order chi connectivity index (χ0) is 8.97. The molecule has 0 bridgehead atoms. The minimum absolute atomic E-state index is 0.0466. The second-order valence-electron chi connectivity index (χ2n) is 2.42. The lowest BCUT2D eigenvalue weighted by Crippen LogP contribution is -2.02. The number of hydrogen-bond donors (Lipinski definition) is 1. The molecule has 0 unspecified atom stereocenters. The second-order valence-corrected chi connectivity index (χ2v) is 2.42. The quantitative estimate of drug-likeness (QED) is 0.673. The van der Waals surface area contributed by atoms with E-state index in [0.717, 1.165) is 5.56 Å². The average Bonchev–Trinajstić information content (AvgIpc) is 2.09. The normalized spacial score (nSPS) is 9.33. The molecule has 1 heterocycles. The number of ketones is 1. The van der Waals surface area contributed by atoms with Crippen LogP contribution in [0.25, 0.3) is 0 Å². The Hall–Kier alpha value is -1.64.